The molecule has 0 aliphatic carbocycles. The molecule has 29 heavy (non-hydrogen) atoms. The number of nitrogens with one attached hydrogen (secondary N) is 1. The minimum atomic E-state index is 0.129. The van der Waals surface area contributed by atoms with Gasteiger partial charge in [0.05, 0.1) is 6.61 Å². The summed E-state index contributed by atoms with van der Waals surface area (Å²) < 4.78 is 6.11. The normalized spacial score (nSPS) is 11.3. The molecule has 0 atom stereocenters. The van der Waals surface area contributed by atoms with Crippen LogP contribution in [0, 0.1) is 12.8 Å². The maximum atomic E-state index is 12.6. The summed E-state index contributed by atoms with van der Waals surface area (Å²) in [4.78, 5) is 16.1. The Morgan fingerprint density at radius 2 is 1.72 bits per heavy atom. The Balaban J connectivity index is 1.67. The molecule has 0 saturated heterocycles. The van der Waals surface area contributed by atoms with Crippen molar-refractivity contribution in [3.05, 3.63) is 75.6 Å². The van der Waals surface area contributed by atoms with Crippen LogP contribution in [-0.4, -0.2) is 11.6 Å². The third-order valence-electron chi connectivity index (χ3n) is 5.69. The number of hydrogen-bond donors (Lipinski definition) is 1. The van der Waals surface area contributed by atoms with E-state index in [1.807, 2.05) is 37.3 Å². The van der Waals surface area contributed by atoms with Gasteiger partial charge in [0.1, 0.15) is 5.75 Å². The number of para-hydroxylation sites is 1. The van der Waals surface area contributed by atoms with Crippen LogP contribution in [0.2, 0.25) is 0 Å². The molecule has 3 aromatic rings. The smallest absolute Gasteiger partial charge is 0.192 e. The van der Waals surface area contributed by atoms with Crippen molar-refractivity contribution >= 4 is 10.9 Å². The van der Waals surface area contributed by atoms with Crippen LogP contribution >= 0.6 is 0 Å². The van der Waals surface area contributed by atoms with E-state index in [4.69, 9.17) is 4.74 Å². The number of benzene rings is 2. The van der Waals surface area contributed by atoms with E-state index in [1.54, 1.807) is 0 Å². The topological polar surface area (TPSA) is 42.1 Å². The Morgan fingerprint density at radius 1 is 0.966 bits per heavy atom. The number of H-pyrrole nitrogens is 1. The monoisotopic (exact) mass is 391 g/mol. The molecule has 0 fully saturated rings. The van der Waals surface area contributed by atoms with Gasteiger partial charge in [0.25, 0.3) is 0 Å². The van der Waals surface area contributed by atoms with Gasteiger partial charge >= 0.3 is 0 Å². The quantitative estimate of drug-likeness (QED) is 0.446. The van der Waals surface area contributed by atoms with Gasteiger partial charge in [-0.25, -0.2) is 0 Å². The van der Waals surface area contributed by atoms with Crippen LogP contribution in [0.25, 0.3) is 10.9 Å². The minimum Gasteiger partial charge on any atom is -0.493 e. The van der Waals surface area contributed by atoms with Crippen molar-refractivity contribution in [3.8, 4) is 5.75 Å². The predicted octanol–water partition coefficient (Wildman–Crippen LogP) is 6.22. The average Bonchev–Trinajstić information content (AvgIpc) is 2.74. The maximum Gasteiger partial charge on any atom is 0.192 e. The van der Waals surface area contributed by atoms with E-state index in [2.05, 4.69) is 37.0 Å². The van der Waals surface area contributed by atoms with E-state index in [0.29, 0.717) is 5.92 Å². The third-order valence-corrected chi connectivity index (χ3v) is 5.69. The Bertz CT molecular complexity index is 983. The van der Waals surface area contributed by atoms with Crippen LogP contribution in [0.5, 0.6) is 5.75 Å². The third kappa shape index (κ3) is 5.50. The highest BCUT2D eigenvalue weighted by Crippen LogP contribution is 2.20. The number of aryl methyl sites for hydroxylation is 2. The number of pyridine rings is 1. The zero-order valence-corrected chi connectivity index (χ0v) is 18.0. The van der Waals surface area contributed by atoms with Crippen molar-refractivity contribution in [2.75, 3.05) is 6.61 Å². The first-order chi connectivity index (χ1) is 14.1. The zero-order chi connectivity index (χ0) is 20.6. The second-order valence-corrected chi connectivity index (χ2v) is 8.01. The number of aromatic amines is 1. The first-order valence-corrected chi connectivity index (χ1v) is 10.9. The van der Waals surface area contributed by atoms with Crippen LogP contribution in [0.15, 0.2) is 53.3 Å². The Morgan fingerprint density at radius 3 is 2.48 bits per heavy atom. The first kappa shape index (κ1) is 21.2. The van der Waals surface area contributed by atoms with Crippen molar-refractivity contribution in [3.63, 3.8) is 0 Å². The molecule has 0 saturated carbocycles. The van der Waals surface area contributed by atoms with Gasteiger partial charge in [0.2, 0.25) is 0 Å². The van der Waals surface area contributed by atoms with Gasteiger partial charge in [-0.15, -0.1) is 0 Å². The summed E-state index contributed by atoms with van der Waals surface area (Å²) in [5, 5.41) is 0.762. The standard InChI is InChI=1S/C26H33NO2/c1-4-9-21(10-5-2)18-29-22-12-8-11-20(17-22)15-16-24-19(3)26(28)23-13-6-7-14-25(23)27-24/h6-8,11-14,17,21H,4-5,9-10,15-16,18H2,1-3H3,(H,27,28). The molecule has 2 aromatic carbocycles. The summed E-state index contributed by atoms with van der Waals surface area (Å²) in [6, 6.07) is 16.1. The molecule has 3 nitrogen and oxygen atoms in total. The molecule has 0 spiro atoms. The molecule has 1 N–H and O–H groups in total. The van der Waals surface area contributed by atoms with E-state index < -0.39 is 0 Å². The van der Waals surface area contributed by atoms with Crippen molar-refractivity contribution < 1.29 is 4.74 Å². The highest BCUT2D eigenvalue weighted by atomic mass is 16.5. The SMILES string of the molecule is CCCC(CCC)COc1cccc(CCc2[nH]c3ccccc3c(=O)c2C)c1. The summed E-state index contributed by atoms with van der Waals surface area (Å²) in [6.45, 7) is 7.19. The molecular formula is C26H33NO2. The van der Waals surface area contributed by atoms with Crippen LogP contribution in [0.4, 0.5) is 0 Å². The lowest BCUT2D eigenvalue weighted by Crippen LogP contribution is -2.12. The van der Waals surface area contributed by atoms with E-state index in [1.165, 1.54) is 31.2 Å². The molecule has 154 valence electrons. The molecule has 0 radical (unpaired) electrons. The van der Waals surface area contributed by atoms with E-state index in [9.17, 15) is 4.79 Å². The maximum absolute atomic E-state index is 12.6. The molecule has 0 amide bonds. The van der Waals surface area contributed by atoms with Gasteiger partial charge < -0.3 is 9.72 Å². The first-order valence-electron chi connectivity index (χ1n) is 10.9. The highest BCUT2D eigenvalue weighted by Gasteiger charge is 2.10. The minimum absolute atomic E-state index is 0.129. The van der Waals surface area contributed by atoms with E-state index in [-0.39, 0.29) is 5.43 Å². The summed E-state index contributed by atoms with van der Waals surface area (Å²) in [5.41, 5.74) is 4.11. The second kappa shape index (κ2) is 10.3. The van der Waals surface area contributed by atoms with Gasteiger partial charge in [0, 0.05) is 22.2 Å². The number of hydrogen-bond acceptors (Lipinski definition) is 2. The molecule has 1 heterocycles. The number of rotatable bonds is 10. The largest absolute Gasteiger partial charge is 0.493 e. The fourth-order valence-electron chi connectivity index (χ4n) is 4.04. The molecule has 3 rings (SSSR count). The molecule has 3 heteroatoms. The Labute approximate surface area is 174 Å². The summed E-state index contributed by atoms with van der Waals surface area (Å²) in [5.74, 6) is 1.59. The predicted molar refractivity (Wildman–Crippen MR) is 122 cm³/mol. The molecular weight excluding hydrogens is 358 g/mol. The number of ether oxygens (including phenoxy) is 1. The van der Waals surface area contributed by atoms with Crippen molar-refractivity contribution in [1.82, 2.24) is 4.98 Å². The summed E-state index contributed by atoms with van der Waals surface area (Å²) in [7, 11) is 0. The Kier molecular flexibility index (Phi) is 7.51. The lowest BCUT2D eigenvalue weighted by molar-refractivity contribution is 0.229. The lowest BCUT2D eigenvalue weighted by Gasteiger charge is -2.16. The molecule has 0 aliphatic rings. The summed E-state index contributed by atoms with van der Waals surface area (Å²) >= 11 is 0. The summed E-state index contributed by atoms with van der Waals surface area (Å²) in [6.07, 6.45) is 6.54. The number of aromatic nitrogens is 1. The average molecular weight is 392 g/mol. The van der Waals surface area contributed by atoms with Crippen molar-refractivity contribution in [1.29, 1.82) is 0 Å². The molecule has 0 bridgehead atoms. The molecule has 1 aromatic heterocycles. The fourth-order valence-corrected chi connectivity index (χ4v) is 4.04. The van der Waals surface area contributed by atoms with Crippen LogP contribution < -0.4 is 10.2 Å². The van der Waals surface area contributed by atoms with Gasteiger partial charge in [-0.2, -0.15) is 0 Å². The molecule has 0 aliphatic heterocycles. The highest BCUT2D eigenvalue weighted by molar-refractivity contribution is 5.79. The van der Waals surface area contributed by atoms with Gasteiger partial charge in [-0.1, -0.05) is 51.0 Å². The van der Waals surface area contributed by atoms with Crippen LogP contribution in [-0.2, 0) is 12.8 Å². The Hall–Kier alpha value is -2.55. The number of fused-ring (bicyclic) bond motifs is 1. The fraction of sp³-hybridized carbons (Fsp3) is 0.423. The van der Waals surface area contributed by atoms with Gasteiger partial charge in [-0.05, 0) is 68.4 Å². The second-order valence-electron chi connectivity index (χ2n) is 8.01. The van der Waals surface area contributed by atoms with Gasteiger partial charge in [-0.3, -0.25) is 4.79 Å². The zero-order valence-electron chi connectivity index (χ0n) is 18.0. The van der Waals surface area contributed by atoms with Crippen LogP contribution in [0.1, 0.15) is 56.4 Å². The van der Waals surface area contributed by atoms with Crippen LogP contribution in [0.3, 0.4) is 0 Å². The van der Waals surface area contributed by atoms with E-state index >= 15 is 0 Å². The van der Waals surface area contributed by atoms with Crippen molar-refractivity contribution in [2.24, 2.45) is 5.92 Å². The van der Waals surface area contributed by atoms with Gasteiger partial charge in [0.15, 0.2) is 5.43 Å². The lowest BCUT2D eigenvalue weighted by atomic mass is 9.99. The van der Waals surface area contributed by atoms with E-state index in [0.717, 1.165) is 47.4 Å². The van der Waals surface area contributed by atoms with Crippen molar-refractivity contribution in [2.45, 2.75) is 59.3 Å². The molecule has 0 unspecified atom stereocenters.